The van der Waals surface area contributed by atoms with Gasteiger partial charge in [-0.25, -0.2) is 0 Å². The largest absolute Gasteiger partial charge is 0.376 e. The predicted octanol–water partition coefficient (Wildman–Crippen LogP) is 3.06. The fourth-order valence-corrected chi connectivity index (χ4v) is 3.01. The van der Waals surface area contributed by atoms with Crippen molar-refractivity contribution in [3.8, 4) is 0 Å². The molecular formula is C15H23ClN2O. The lowest BCUT2D eigenvalue weighted by molar-refractivity contribution is 0.0216. The second-order valence-corrected chi connectivity index (χ2v) is 5.55. The summed E-state index contributed by atoms with van der Waals surface area (Å²) < 4.78 is 5.81. The molecule has 2 rings (SSSR count). The van der Waals surface area contributed by atoms with Gasteiger partial charge in [0.1, 0.15) is 0 Å². The first-order valence-electron chi connectivity index (χ1n) is 6.97. The number of halogens is 1. The van der Waals surface area contributed by atoms with Crippen LogP contribution in [0, 0.1) is 0 Å². The van der Waals surface area contributed by atoms with Crippen molar-refractivity contribution in [2.75, 3.05) is 32.1 Å². The summed E-state index contributed by atoms with van der Waals surface area (Å²) in [5, 5.41) is 4.00. The fraction of sp³-hybridized carbons (Fsp3) is 0.600. The van der Waals surface area contributed by atoms with E-state index in [0.717, 1.165) is 36.8 Å². The van der Waals surface area contributed by atoms with Crippen LogP contribution in [0.4, 0.5) is 5.69 Å². The summed E-state index contributed by atoms with van der Waals surface area (Å²) in [5.41, 5.74) is 2.35. The molecule has 1 N–H and O–H groups in total. The lowest BCUT2D eigenvalue weighted by Crippen LogP contribution is -2.34. The standard InChI is InChI=1S/C15H23ClN2O/c1-17-10-12-6-5-8-14(16)15(12)18(2)11-13-7-3-4-9-19-13/h5-6,8,13,17H,3-4,7,9-11H2,1-2H3. The van der Waals surface area contributed by atoms with Crippen LogP contribution >= 0.6 is 11.6 Å². The van der Waals surface area contributed by atoms with Crippen LogP contribution in [0.25, 0.3) is 0 Å². The highest BCUT2D eigenvalue weighted by Gasteiger charge is 2.18. The average molecular weight is 283 g/mol. The molecule has 0 saturated carbocycles. The van der Waals surface area contributed by atoms with Crippen molar-refractivity contribution in [3.05, 3.63) is 28.8 Å². The zero-order valence-electron chi connectivity index (χ0n) is 11.8. The minimum atomic E-state index is 0.331. The first-order chi connectivity index (χ1) is 9.22. The molecule has 1 aliphatic rings. The smallest absolute Gasteiger partial charge is 0.0749 e. The fourth-order valence-electron chi connectivity index (χ4n) is 2.67. The number of rotatable bonds is 5. The first kappa shape index (κ1) is 14.6. The molecule has 1 aromatic rings. The minimum absolute atomic E-state index is 0.331. The van der Waals surface area contributed by atoms with Crippen molar-refractivity contribution in [2.45, 2.75) is 31.9 Å². The molecule has 1 heterocycles. The van der Waals surface area contributed by atoms with Crippen molar-refractivity contribution < 1.29 is 4.74 Å². The van der Waals surface area contributed by atoms with Crippen molar-refractivity contribution >= 4 is 17.3 Å². The molecule has 1 aromatic carbocycles. The van der Waals surface area contributed by atoms with Gasteiger partial charge < -0.3 is 15.0 Å². The third-order valence-electron chi connectivity index (χ3n) is 3.57. The van der Waals surface area contributed by atoms with Gasteiger partial charge in [-0.15, -0.1) is 0 Å². The SMILES string of the molecule is CNCc1cccc(Cl)c1N(C)CC1CCCCO1. The average Bonchev–Trinajstić information content (AvgIpc) is 2.40. The van der Waals surface area contributed by atoms with Crippen LogP contribution in [-0.2, 0) is 11.3 Å². The summed E-state index contributed by atoms with van der Waals surface area (Å²) in [7, 11) is 4.05. The zero-order chi connectivity index (χ0) is 13.7. The Morgan fingerprint density at radius 2 is 2.26 bits per heavy atom. The van der Waals surface area contributed by atoms with Gasteiger partial charge in [-0.2, -0.15) is 0 Å². The second-order valence-electron chi connectivity index (χ2n) is 5.15. The third kappa shape index (κ3) is 3.85. The summed E-state index contributed by atoms with van der Waals surface area (Å²) in [6, 6.07) is 6.08. The summed E-state index contributed by atoms with van der Waals surface area (Å²) >= 11 is 6.37. The number of hydrogen-bond donors (Lipinski definition) is 1. The Kier molecular flexibility index (Phi) is 5.49. The topological polar surface area (TPSA) is 24.5 Å². The molecule has 1 aliphatic heterocycles. The van der Waals surface area contributed by atoms with Crippen LogP contribution in [-0.4, -0.2) is 33.4 Å². The molecule has 0 bridgehead atoms. The molecule has 1 unspecified atom stereocenters. The predicted molar refractivity (Wildman–Crippen MR) is 81.1 cm³/mol. The Balaban J connectivity index is 2.10. The van der Waals surface area contributed by atoms with Crippen molar-refractivity contribution in [2.24, 2.45) is 0 Å². The summed E-state index contributed by atoms with van der Waals surface area (Å²) in [5.74, 6) is 0. The van der Waals surface area contributed by atoms with E-state index < -0.39 is 0 Å². The highest BCUT2D eigenvalue weighted by molar-refractivity contribution is 6.33. The maximum Gasteiger partial charge on any atom is 0.0749 e. The van der Waals surface area contributed by atoms with Crippen LogP contribution in [0.15, 0.2) is 18.2 Å². The summed E-state index contributed by atoms with van der Waals surface area (Å²) in [6.45, 7) is 2.62. The van der Waals surface area contributed by atoms with Gasteiger partial charge in [0.25, 0.3) is 0 Å². The molecule has 0 aliphatic carbocycles. The lowest BCUT2D eigenvalue weighted by atomic mass is 10.1. The number of ether oxygens (including phenoxy) is 1. The van der Waals surface area contributed by atoms with E-state index in [0.29, 0.717) is 6.10 Å². The van der Waals surface area contributed by atoms with Crippen LogP contribution in [0.2, 0.25) is 5.02 Å². The minimum Gasteiger partial charge on any atom is -0.376 e. The van der Waals surface area contributed by atoms with Crippen LogP contribution in [0.1, 0.15) is 24.8 Å². The molecule has 0 amide bonds. The van der Waals surface area contributed by atoms with Gasteiger partial charge in [0.15, 0.2) is 0 Å². The lowest BCUT2D eigenvalue weighted by Gasteiger charge is -2.30. The Hall–Kier alpha value is -0.770. The Bertz CT molecular complexity index is 405. The third-order valence-corrected chi connectivity index (χ3v) is 3.88. The van der Waals surface area contributed by atoms with Crippen molar-refractivity contribution in [3.63, 3.8) is 0 Å². The Labute approximate surface area is 120 Å². The highest BCUT2D eigenvalue weighted by atomic mass is 35.5. The van der Waals surface area contributed by atoms with Gasteiger partial charge in [-0.05, 0) is 37.9 Å². The number of para-hydroxylation sites is 1. The van der Waals surface area contributed by atoms with E-state index in [1.165, 1.54) is 18.4 Å². The van der Waals surface area contributed by atoms with E-state index in [-0.39, 0.29) is 0 Å². The van der Waals surface area contributed by atoms with E-state index in [1.807, 2.05) is 19.2 Å². The molecular weight excluding hydrogens is 260 g/mol. The van der Waals surface area contributed by atoms with Crippen LogP contribution < -0.4 is 10.2 Å². The number of nitrogens with one attached hydrogen (secondary N) is 1. The quantitative estimate of drug-likeness (QED) is 0.898. The van der Waals surface area contributed by atoms with Gasteiger partial charge >= 0.3 is 0 Å². The van der Waals surface area contributed by atoms with E-state index in [9.17, 15) is 0 Å². The molecule has 1 saturated heterocycles. The van der Waals surface area contributed by atoms with E-state index in [2.05, 4.69) is 23.3 Å². The van der Waals surface area contributed by atoms with Gasteiger partial charge in [0.2, 0.25) is 0 Å². The molecule has 1 atom stereocenters. The van der Waals surface area contributed by atoms with Crippen molar-refractivity contribution in [1.29, 1.82) is 0 Å². The Morgan fingerprint density at radius 3 is 2.95 bits per heavy atom. The maximum atomic E-state index is 6.37. The number of anilines is 1. The normalized spacial score (nSPS) is 19.4. The van der Waals surface area contributed by atoms with Gasteiger partial charge in [-0.1, -0.05) is 23.7 Å². The summed E-state index contributed by atoms with van der Waals surface area (Å²) in [4.78, 5) is 2.23. The molecule has 3 nitrogen and oxygen atoms in total. The molecule has 19 heavy (non-hydrogen) atoms. The monoisotopic (exact) mass is 282 g/mol. The maximum absolute atomic E-state index is 6.37. The first-order valence-corrected chi connectivity index (χ1v) is 7.35. The number of benzene rings is 1. The van der Waals surface area contributed by atoms with E-state index in [1.54, 1.807) is 0 Å². The highest BCUT2D eigenvalue weighted by Crippen LogP contribution is 2.30. The van der Waals surface area contributed by atoms with E-state index >= 15 is 0 Å². The number of nitrogens with zero attached hydrogens (tertiary/aromatic N) is 1. The van der Waals surface area contributed by atoms with E-state index in [4.69, 9.17) is 16.3 Å². The molecule has 0 spiro atoms. The molecule has 0 aromatic heterocycles. The molecule has 1 fully saturated rings. The van der Waals surface area contributed by atoms with Gasteiger partial charge in [0, 0.05) is 26.7 Å². The van der Waals surface area contributed by atoms with Gasteiger partial charge in [-0.3, -0.25) is 0 Å². The number of likely N-dealkylation sites (N-methyl/N-ethyl adjacent to an activating group) is 1. The zero-order valence-corrected chi connectivity index (χ0v) is 12.5. The van der Waals surface area contributed by atoms with Crippen molar-refractivity contribution in [1.82, 2.24) is 5.32 Å². The van der Waals surface area contributed by atoms with Crippen LogP contribution in [0.5, 0.6) is 0 Å². The molecule has 4 heteroatoms. The second kappa shape index (κ2) is 7.13. The number of hydrogen-bond acceptors (Lipinski definition) is 3. The Morgan fingerprint density at radius 1 is 1.42 bits per heavy atom. The van der Waals surface area contributed by atoms with Crippen LogP contribution in [0.3, 0.4) is 0 Å². The molecule has 106 valence electrons. The summed E-state index contributed by atoms with van der Waals surface area (Å²) in [6.07, 6.45) is 3.94. The molecule has 0 radical (unpaired) electrons. The van der Waals surface area contributed by atoms with Gasteiger partial charge in [0.05, 0.1) is 16.8 Å².